The van der Waals surface area contributed by atoms with E-state index < -0.39 is 9.84 Å². The van der Waals surface area contributed by atoms with Crippen molar-refractivity contribution in [3.8, 4) is 0 Å². The summed E-state index contributed by atoms with van der Waals surface area (Å²) in [6, 6.07) is 0. The van der Waals surface area contributed by atoms with Crippen molar-refractivity contribution < 1.29 is 8.42 Å². The van der Waals surface area contributed by atoms with E-state index in [4.69, 9.17) is 0 Å². The molecule has 0 atom stereocenters. The van der Waals surface area contributed by atoms with Gasteiger partial charge in [-0.15, -0.1) is 0 Å². The lowest BCUT2D eigenvalue weighted by atomic mass is 10.0. The normalized spacial score (nSPS) is 11.9. The van der Waals surface area contributed by atoms with Gasteiger partial charge in [0, 0.05) is 0 Å². The lowest BCUT2D eigenvalue weighted by molar-refractivity contribution is 0.539. The summed E-state index contributed by atoms with van der Waals surface area (Å²) in [6.45, 7) is 4.48. The summed E-state index contributed by atoms with van der Waals surface area (Å²) < 4.78 is 24.0. The molecule has 0 aromatic heterocycles. The fourth-order valence-electron chi connectivity index (χ4n) is 3.59. The summed E-state index contributed by atoms with van der Waals surface area (Å²) >= 11 is 0. The Labute approximate surface area is 172 Å². The number of sulfone groups is 1. The molecule has 0 spiro atoms. The minimum atomic E-state index is -2.92. The first kappa shape index (κ1) is 27.0. The summed E-state index contributed by atoms with van der Waals surface area (Å²) in [5.41, 5.74) is 0. The highest BCUT2D eigenvalue weighted by Crippen LogP contribution is 2.15. The molecular weight excluding hydrogens is 352 g/mol. The van der Waals surface area contributed by atoms with Gasteiger partial charge in [0.15, 0.2) is 9.84 Å². The zero-order valence-electron chi connectivity index (χ0n) is 18.7. The van der Waals surface area contributed by atoms with Crippen LogP contribution in [0.2, 0.25) is 0 Å². The zero-order valence-corrected chi connectivity index (χ0v) is 19.5. The van der Waals surface area contributed by atoms with Crippen LogP contribution in [0, 0.1) is 5.75 Å². The Kier molecular flexibility index (Phi) is 20.6. The van der Waals surface area contributed by atoms with E-state index in [9.17, 15) is 8.42 Å². The molecule has 0 aliphatic rings. The molecule has 0 aliphatic carbocycles. The van der Waals surface area contributed by atoms with E-state index >= 15 is 0 Å². The monoisotopic (exact) mass is 401 g/mol. The second kappa shape index (κ2) is 20.7. The van der Waals surface area contributed by atoms with Gasteiger partial charge in [-0.3, -0.25) is 0 Å². The molecule has 3 heteroatoms. The van der Waals surface area contributed by atoms with Gasteiger partial charge in [-0.05, 0) is 12.8 Å². The average molecular weight is 402 g/mol. The predicted molar refractivity (Wildman–Crippen MR) is 122 cm³/mol. The maximum Gasteiger partial charge on any atom is 0.154 e. The standard InChI is InChI=1S/C24H49O2S/c1-3-5-7-9-11-12-13-14-15-16-17-18-20-22-24-27(25,26)23-21-19-10-8-6-4-2/h24H,3-23H2,1-2H3. The summed E-state index contributed by atoms with van der Waals surface area (Å²) in [4.78, 5) is 0. The Morgan fingerprint density at radius 1 is 0.481 bits per heavy atom. The fraction of sp³-hybridized carbons (Fsp3) is 0.958. The second-order valence-corrected chi connectivity index (χ2v) is 10.4. The Morgan fingerprint density at radius 3 is 1.22 bits per heavy atom. The summed E-state index contributed by atoms with van der Waals surface area (Å²) in [6.07, 6.45) is 24.9. The molecule has 0 unspecified atom stereocenters. The van der Waals surface area contributed by atoms with Crippen molar-refractivity contribution in [2.45, 2.75) is 142 Å². The molecule has 163 valence electrons. The maximum atomic E-state index is 12.0. The van der Waals surface area contributed by atoms with Gasteiger partial charge in [-0.1, -0.05) is 129 Å². The van der Waals surface area contributed by atoms with Crippen LogP contribution in [-0.4, -0.2) is 14.2 Å². The third-order valence-corrected chi connectivity index (χ3v) is 7.06. The predicted octanol–water partition coefficient (Wildman–Crippen LogP) is 8.40. The van der Waals surface area contributed by atoms with E-state index in [0.717, 1.165) is 25.7 Å². The highest BCUT2D eigenvalue weighted by atomic mass is 32.2. The van der Waals surface area contributed by atoms with Crippen molar-refractivity contribution in [2.24, 2.45) is 0 Å². The molecule has 0 aromatic rings. The Hall–Kier alpha value is -0.0500. The van der Waals surface area contributed by atoms with E-state index in [2.05, 4.69) is 13.8 Å². The average Bonchev–Trinajstić information content (AvgIpc) is 2.65. The molecule has 0 rings (SSSR count). The van der Waals surface area contributed by atoms with Crippen LogP contribution in [0.15, 0.2) is 0 Å². The minimum Gasteiger partial charge on any atom is -0.229 e. The van der Waals surface area contributed by atoms with Crippen molar-refractivity contribution >= 4 is 9.84 Å². The summed E-state index contributed by atoms with van der Waals surface area (Å²) in [7, 11) is -2.92. The molecule has 27 heavy (non-hydrogen) atoms. The van der Waals surface area contributed by atoms with Gasteiger partial charge in [0.05, 0.1) is 11.5 Å². The van der Waals surface area contributed by atoms with Gasteiger partial charge < -0.3 is 0 Å². The Morgan fingerprint density at radius 2 is 0.815 bits per heavy atom. The van der Waals surface area contributed by atoms with Crippen LogP contribution in [0.1, 0.15) is 142 Å². The van der Waals surface area contributed by atoms with Gasteiger partial charge >= 0.3 is 0 Å². The van der Waals surface area contributed by atoms with Crippen molar-refractivity contribution in [3.63, 3.8) is 0 Å². The first-order valence-corrected chi connectivity index (χ1v) is 13.9. The summed E-state index contributed by atoms with van der Waals surface area (Å²) in [5, 5.41) is 0. The van der Waals surface area contributed by atoms with Crippen molar-refractivity contribution in [1.29, 1.82) is 0 Å². The van der Waals surface area contributed by atoms with E-state index in [1.54, 1.807) is 5.75 Å². The second-order valence-electron chi connectivity index (χ2n) is 8.33. The SMILES string of the molecule is CCCCCCCCCCCCCCC[CH]S(=O)(=O)CCCCCCCC. The van der Waals surface area contributed by atoms with E-state index in [1.807, 2.05) is 0 Å². The smallest absolute Gasteiger partial charge is 0.154 e. The number of hydrogen-bond acceptors (Lipinski definition) is 2. The van der Waals surface area contributed by atoms with Crippen molar-refractivity contribution in [2.75, 3.05) is 5.75 Å². The van der Waals surface area contributed by atoms with Crippen molar-refractivity contribution in [3.05, 3.63) is 5.75 Å². The van der Waals surface area contributed by atoms with Crippen LogP contribution in [0.3, 0.4) is 0 Å². The molecule has 0 aromatic carbocycles. The number of rotatable bonds is 22. The van der Waals surface area contributed by atoms with Gasteiger partial charge in [0.25, 0.3) is 0 Å². The molecule has 0 N–H and O–H groups in total. The van der Waals surface area contributed by atoms with Crippen LogP contribution in [0.25, 0.3) is 0 Å². The highest BCUT2D eigenvalue weighted by molar-refractivity contribution is 7.93. The maximum absolute atomic E-state index is 12.0. The minimum absolute atomic E-state index is 0.359. The zero-order chi connectivity index (χ0) is 20.1. The molecule has 0 bridgehead atoms. The molecule has 0 heterocycles. The summed E-state index contributed by atoms with van der Waals surface area (Å²) in [5.74, 6) is 1.95. The molecule has 2 nitrogen and oxygen atoms in total. The first-order chi connectivity index (χ1) is 13.1. The van der Waals surface area contributed by atoms with E-state index in [-0.39, 0.29) is 0 Å². The van der Waals surface area contributed by atoms with Crippen molar-refractivity contribution in [1.82, 2.24) is 0 Å². The van der Waals surface area contributed by atoms with Gasteiger partial charge in [-0.2, -0.15) is 0 Å². The van der Waals surface area contributed by atoms with Gasteiger partial charge in [0.2, 0.25) is 0 Å². The number of hydrogen-bond donors (Lipinski definition) is 0. The Bertz CT molecular complexity index is 376. The lowest BCUT2D eigenvalue weighted by Crippen LogP contribution is -2.06. The lowest BCUT2D eigenvalue weighted by Gasteiger charge is -2.05. The topological polar surface area (TPSA) is 34.1 Å². The van der Waals surface area contributed by atoms with Crippen LogP contribution < -0.4 is 0 Å². The molecule has 1 radical (unpaired) electrons. The van der Waals surface area contributed by atoms with Crippen LogP contribution in [-0.2, 0) is 9.84 Å². The number of unbranched alkanes of at least 4 members (excludes halogenated alkanes) is 18. The molecule has 0 saturated carbocycles. The van der Waals surface area contributed by atoms with E-state index in [1.165, 1.54) is 103 Å². The molecule has 0 amide bonds. The Balaban J connectivity index is 3.28. The van der Waals surface area contributed by atoms with Crippen LogP contribution >= 0.6 is 0 Å². The van der Waals surface area contributed by atoms with Crippen LogP contribution in [0.4, 0.5) is 0 Å². The molecule has 0 saturated heterocycles. The quantitative estimate of drug-likeness (QED) is 0.171. The third-order valence-electron chi connectivity index (χ3n) is 5.46. The van der Waals surface area contributed by atoms with E-state index in [0.29, 0.717) is 5.75 Å². The van der Waals surface area contributed by atoms with Gasteiger partial charge in [-0.25, -0.2) is 8.42 Å². The van der Waals surface area contributed by atoms with Gasteiger partial charge in [0.1, 0.15) is 0 Å². The first-order valence-electron chi connectivity index (χ1n) is 12.2. The fourth-order valence-corrected chi connectivity index (χ4v) is 4.89. The molecule has 0 fully saturated rings. The largest absolute Gasteiger partial charge is 0.229 e. The van der Waals surface area contributed by atoms with Crippen LogP contribution in [0.5, 0.6) is 0 Å². The molecule has 0 aliphatic heterocycles. The molecular formula is C24H49O2S. The highest BCUT2D eigenvalue weighted by Gasteiger charge is 2.10. The third kappa shape index (κ3) is 22.1.